The highest BCUT2D eigenvalue weighted by Crippen LogP contribution is 1.98. The minimum atomic E-state index is -0.0654. The van der Waals surface area contributed by atoms with E-state index in [9.17, 15) is 4.79 Å². The summed E-state index contributed by atoms with van der Waals surface area (Å²) >= 11 is 0. The maximum absolute atomic E-state index is 11.5. The first-order valence-corrected chi connectivity index (χ1v) is 5.38. The summed E-state index contributed by atoms with van der Waals surface area (Å²) in [6, 6.07) is -0.0654. The molecule has 0 bridgehead atoms. The van der Waals surface area contributed by atoms with Crippen molar-refractivity contribution in [1.82, 2.24) is 10.2 Å². The van der Waals surface area contributed by atoms with E-state index in [1.165, 1.54) is 6.42 Å². The first-order valence-electron chi connectivity index (χ1n) is 5.38. The van der Waals surface area contributed by atoms with E-state index < -0.39 is 0 Å². The van der Waals surface area contributed by atoms with E-state index in [0.29, 0.717) is 32.8 Å². The lowest BCUT2D eigenvalue weighted by Crippen LogP contribution is -2.43. The number of rotatable bonds is 4. The van der Waals surface area contributed by atoms with Crippen LogP contribution in [0.5, 0.6) is 0 Å². The minimum absolute atomic E-state index is 0.0654. The molecule has 0 aromatic carbocycles. The fourth-order valence-corrected chi connectivity index (χ4v) is 1.39. The van der Waals surface area contributed by atoms with Crippen LogP contribution in [0.15, 0.2) is 0 Å². The summed E-state index contributed by atoms with van der Waals surface area (Å²) in [6.07, 6.45) is 3.34. The van der Waals surface area contributed by atoms with Crippen molar-refractivity contribution in [2.75, 3.05) is 32.8 Å². The van der Waals surface area contributed by atoms with Crippen LogP contribution in [0.2, 0.25) is 0 Å². The Morgan fingerprint density at radius 1 is 1.36 bits per heavy atom. The quantitative estimate of drug-likeness (QED) is 0.639. The van der Waals surface area contributed by atoms with Crippen molar-refractivity contribution < 1.29 is 9.53 Å². The highest BCUT2D eigenvalue weighted by molar-refractivity contribution is 5.73. The molecule has 0 atom stereocenters. The third-order valence-corrected chi connectivity index (χ3v) is 2.29. The first kappa shape index (κ1) is 11.3. The SMILES string of the molecule is CCCCC[N]C(=O)N1CCOCC1. The Balaban J connectivity index is 2.07. The van der Waals surface area contributed by atoms with Gasteiger partial charge in [-0.3, -0.25) is 0 Å². The zero-order valence-corrected chi connectivity index (χ0v) is 8.87. The molecule has 4 nitrogen and oxygen atoms in total. The van der Waals surface area contributed by atoms with Crippen LogP contribution in [0.4, 0.5) is 4.79 Å². The Hall–Kier alpha value is -0.770. The molecular weight excluding hydrogens is 180 g/mol. The van der Waals surface area contributed by atoms with E-state index in [0.717, 1.165) is 12.8 Å². The molecule has 0 aromatic rings. The molecule has 0 saturated carbocycles. The summed E-state index contributed by atoms with van der Waals surface area (Å²) in [5, 5.41) is 4.02. The molecule has 1 heterocycles. The number of nitrogens with zero attached hydrogens (tertiary/aromatic N) is 2. The molecule has 1 radical (unpaired) electrons. The Morgan fingerprint density at radius 3 is 2.71 bits per heavy atom. The lowest BCUT2D eigenvalue weighted by molar-refractivity contribution is 0.0530. The van der Waals surface area contributed by atoms with E-state index in [1.807, 2.05) is 0 Å². The molecule has 0 unspecified atom stereocenters. The van der Waals surface area contributed by atoms with Gasteiger partial charge in [0, 0.05) is 19.6 Å². The van der Waals surface area contributed by atoms with Gasteiger partial charge in [0.1, 0.15) is 0 Å². The van der Waals surface area contributed by atoms with E-state index in [2.05, 4.69) is 12.2 Å². The largest absolute Gasteiger partial charge is 0.378 e. The summed E-state index contributed by atoms with van der Waals surface area (Å²) in [7, 11) is 0. The number of morpholine rings is 1. The zero-order valence-electron chi connectivity index (χ0n) is 8.87. The van der Waals surface area contributed by atoms with Crippen molar-refractivity contribution in [3.05, 3.63) is 0 Å². The predicted octanol–water partition coefficient (Wildman–Crippen LogP) is 1.23. The molecule has 0 N–H and O–H groups in total. The number of hydrogen-bond donors (Lipinski definition) is 0. The van der Waals surface area contributed by atoms with Crippen LogP contribution in [0.25, 0.3) is 0 Å². The Kier molecular flexibility index (Phi) is 5.37. The van der Waals surface area contributed by atoms with Crippen LogP contribution in [0, 0.1) is 0 Å². The maximum atomic E-state index is 11.5. The number of urea groups is 1. The number of hydrogen-bond acceptors (Lipinski definition) is 2. The van der Waals surface area contributed by atoms with Crippen LogP contribution in [0.1, 0.15) is 26.2 Å². The lowest BCUT2D eigenvalue weighted by atomic mass is 10.2. The molecule has 0 aromatic heterocycles. The molecule has 4 heteroatoms. The second-order valence-corrected chi connectivity index (χ2v) is 3.47. The summed E-state index contributed by atoms with van der Waals surface area (Å²) in [4.78, 5) is 13.2. The monoisotopic (exact) mass is 199 g/mol. The van der Waals surface area contributed by atoms with Gasteiger partial charge in [0.2, 0.25) is 0 Å². The van der Waals surface area contributed by atoms with Gasteiger partial charge in [-0.15, -0.1) is 0 Å². The van der Waals surface area contributed by atoms with Gasteiger partial charge in [-0.2, -0.15) is 0 Å². The van der Waals surface area contributed by atoms with Crippen LogP contribution >= 0.6 is 0 Å². The van der Waals surface area contributed by atoms with Gasteiger partial charge in [0.15, 0.2) is 0 Å². The average molecular weight is 199 g/mol. The number of amides is 2. The van der Waals surface area contributed by atoms with Gasteiger partial charge < -0.3 is 9.64 Å². The van der Waals surface area contributed by atoms with Crippen molar-refractivity contribution in [2.45, 2.75) is 26.2 Å². The summed E-state index contributed by atoms with van der Waals surface area (Å²) < 4.78 is 5.16. The molecule has 14 heavy (non-hydrogen) atoms. The molecule has 1 rings (SSSR count). The van der Waals surface area contributed by atoms with Crippen LogP contribution < -0.4 is 5.32 Å². The molecular formula is C10H19N2O2. The maximum Gasteiger partial charge on any atom is 0.339 e. The third kappa shape index (κ3) is 3.96. The second kappa shape index (κ2) is 6.65. The van der Waals surface area contributed by atoms with Crippen LogP contribution in [-0.2, 0) is 4.74 Å². The standard InChI is InChI=1S/C10H19N2O2/c1-2-3-4-5-11-10(13)12-6-8-14-9-7-12/h2-9H2,1H3. The van der Waals surface area contributed by atoms with E-state index >= 15 is 0 Å². The van der Waals surface area contributed by atoms with E-state index in [1.54, 1.807) is 4.90 Å². The van der Waals surface area contributed by atoms with Gasteiger partial charge in [-0.25, -0.2) is 10.1 Å². The first-order chi connectivity index (χ1) is 6.84. The minimum Gasteiger partial charge on any atom is -0.378 e. The Bertz CT molecular complexity index is 168. The lowest BCUT2D eigenvalue weighted by Gasteiger charge is -2.25. The third-order valence-electron chi connectivity index (χ3n) is 2.29. The molecule has 1 saturated heterocycles. The highest BCUT2D eigenvalue weighted by Gasteiger charge is 2.16. The molecule has 0 spiro atoms. The smallest absolute Gasteiger partial charge is 0.339 e. The van der Waals surface area contributed by atoms with Crippen molar-refractivity contribution >= 4 is 6.03 Å². The number of unbranched alkanes of at least 4 members (excludes halogenated alkanes) is 2. The second-order valence-electron chi connectivity index (χ2n) is 3.47. The van der Waals surface area contributed by atoms with Gasteiger partial charge in [-0.05, 0) is 6.42 Å². The van der Waals surface area contributed by atoms with E-state index in [-0.39, 0.29) is 6.03 Å². The Morgan fingerprint density at radius 2 is 2.07 bits per heavy atom. The van der Waals surface area contributed by atoms with Crippen LogP contribution in [0.3, 0.4) is 0 Å². The van der Waals surface area contributed by atoms with E-state index in [4.69, 9.17) is 4.74 Å². The Labute approximate surface area is 85.6 Å². The molecule has 1 aliphatic heterocycles. The predicted molar refractivity (Wildman–Crippen MR) is 54.3 cm³/mol. The van der Waals surface area contributed by atoms with Crippen molar-refractivity contribution in [1.29, 1.82) is 0 Å². The number of ether oxygens (including phenoxy) is 1. The normalized spacial score (nSPS) is 16.8. The number of carbonyl (C=O) groups is 1. The van der Waals surface area contributed by atoms with Gasteiger partial charge in [0.25, 0.3) is 0 Å². The van der Waals surface area contributed by atoms with Crippen molar-refractivity contribution in [3.63, 3.8) is 0 Å². The number of carbonyl (C=O) groups excluding carboxylic acids is 1. The molecule has 0 aliphatic carbocycles. The molecule has 1 aliphatic rings. The zero-order chi connectivity index (χ0) is 10.2. The van der Waals surface area contributed by atoms with Gasteiger partial charge >= 0.3 is 6.03 Å². The van der Waals surface area contributed by atoms with Crippen LogP contribution in [-0.4, -0.2) is 43.8 Å². The summed E-state index contributed by atoms with van der Waals surface area (Å²) in [5.74, 6) is 0. The topological polar surface area (TPSA) is 43.6 Å². The fraction of sp³-hybridized carbons (Fsp3) is 0.900. The van der Waals surface area contributed by atoms with Gasteiger partial charge in [-0.1, -0.05) is 19.8 Å². The fourth-order valence-electron chi connectivity index (χ4n) is 1.39. The molecule has 81 valence electrons. The summed E-state index contributed by atoms with van der Waals surface area (Å²) in [5.41, 5.74) is 0. The average Bonchev–Trinajstić information content (AvgIpc) is 2.25. The highest BCUT2D eigenvalue weighted by atomic mass is 16.5. The van der Waals surface area contributed by atoms with Crippen molar-refractivity contribution in [3.8, 4) is 0 Å². The molecule has 2 amide bonds. The molecule has 1 fully saturated rings. The van der Waals surface area contributed by atoms with Gasteiger partial charge in [0.05, 0.1) is 13.2 Å². The summed E-state index contributed by atoms with van der Waals surface area (Å²) in [6.45, 7) is 5.49. The van der Waals surface area contributed by atoms with Crippen molar-refractivity contribution in [2.24, 2.45) is 0 Å².